The Morgan fingerprint density at radius 1 is 0.926 bits per heavy atom. The van der Waals surface area contributed by atoms with Gasteiger partial charge in [-0.3, -0.25) is 0 Å². The minimum Gasteiger partial charge on any atom is -0.369 e. The predicted molar refractivity (Wildman–Crippen MR) is 112 cm³/mol. The first-order valence-corrected chi connectivity index (χ1v) is 10.1. The maximum Gasteiger partial charge on any atom is 0.136 e. The summed E-state index contributed by atoms with van der Waals surface area (Å²) in [5.74, 6) is 2.55. The standard InChI is InChI=1S/C21H30N6/c1-16-22-20(24-17-5-3-4-6-17)15-21(23-16)25-18-7-9-19(10-8-18)27-13-11-26(2)12-14-27/h7-10,15,17H,3-6,11-14H2,1-2H3,(H2,22,23,24,25). The van der Waals surface area contributed by atoms with E-state index < -0.39 is 0 Å². The number of anilines is 4. The Kier molecular flexibility index (Phi) is 5.43. The van der Waals surface area contributed by atoms with Crippen LogP contribution in [-0.2, 0) is 0 Å². The monoisotopic (exact) mass is 366 g/mol. The number of piperazine rings is 1. The van der Waals surface area contributed by atoms with Crippen molar-refractivity contribution in [3.05, 3.63) is 36.2 Å². The fourth-order valence-corrected chi connectivity index (χ4v) is 3.95. The molecule has 0 atom stereocenters. The van der Waals surface area contributed by atoms with Crippen LogP contribution in [0.15, 0.2) is 30.3 Å². The Balaban J connectivity index is 1.41. The number of likely N-dealkylation sites (N-methyl/N-ethyl adjacent to an activating group) is 1. The summed E-state index contributed by atoms with van der Waals surface area (Å²) in [5, 5.41) is 6.99. The quantitative estimate of drug-likeness (QED) is 0.843. The van der Waals surface area contributed by atoms with Crippen LogP contribution in [0.4, 0.5) is 23.0 Å². The number of nitrogens with one attached hydrogen (secondary N) is 2. The summed E-state index contributed by atoms with van der Waals surface area (Å²) in [7, 11) is 2.18. The topological polar surface area (TPSA) is 56.3 Å². The summed E-state index contributed by atoms with van der Waals surface area (Å²) in [5.41, 5.74) is 2.34. The molecule has 0 spiro atoms. The van der Waals surface area contributed by atoms with Crippen molar-refractivity contribution in [1.29, 1.82) is 0 Å². The van der Waals surface area contributed by atoms with Gasteiger partial charge in [0.15, 0.2) is 0 Å². The molecule has 2 aliphatic rings. The molecule has 0 amide bonds. The second-order valence-electron chi connectivity index (χ2n) is 7.77. The van der Waals surface area contributed by atoms with Crippen molar-refractivity contribution in [3.63, 3.8) is 0 Å². The van der Waals surface area contributed by atoms with Gasteiger partial charge in [-0.25, -0.2) is 9.97 Å². The fourth-order valence-electron chi connectivity index (χ4n) is 3.95. The molecule has 2 fully saturated rings. The van der Waals surface area contributed by atoms with E-state index in [0.29, 0.717) is 6.04 Å². The number of hydrogen-bond donors (Lipinski definition) is 2. The number of benzene rings is 1. The highest BCUT2D eigenvalue weighted by atomic mass is 15.2. The van der Waals surface area contributed by atoms with Gasteiger partial charge in [-0.2, -0.15) is 0 Å². The zero-order chi connectivity index (χ0) is 18.6. The van der Waals surface area contributed by atoms with E-state index in [0.717, 1.165) is 49.3 Å². The van der Waals surface area contributed by atoms with Crippen LogP contribution in [0, 0.1) is 6.92 Å². The van der Waals surface area contributed by atoms with Gasteiger partial charge in [-0.1, -0.05) is 12.8 Å². The Bertz CT molecular complexity index is 746. The molecule has 0 unspecified atom stereocenters. The molecule has 2 heterocycles. The van der Waals surface area contributed by atoms with Crippen LogP contribution in [0.1, 0.15) is 31.5 Å². The molecule has 2 aromatic rings. The molecular formula is C21H30N6. The first-order chi connectivity index (χ1) is 13.2. The average Bonchev–Trinajstić information content (AvgIpc) is 3.16. The number of hydrogen-bond acceptors (Lipinski definition) is 6. The third kappa shape index (κ3) is 4.69. The van der Waals surface area contributed by atoms with Crippen molar-refractivity contribution in [2.24, 2.45) is 0 Å². The van der Waals surface area contributed by atoms with Gasteiger partial charge >= 0.3 is 0 Å². The van der Waals surface area contributed by atoms with Crippen LogP contribution in [0.25, 0.3) is 0 Å². The van der Waals surface area contributed by atoms with Gasteiger partial charge in [0, 0.05) is 49.7 Å². The van der Waals surface area contributed by atoms with Gasteiger partial charge in [-0.15, -0.1) is 0 Å². The highest BCUT2D eigenvalue weighted by Crippen LogP contribution is 2.25. The maximum absolute atomic E-state index is 4.55. The summed E-state index contributed by atoms with van der Waals surface area (Å²) >= 11 is 0. The second-order valence-corrected chi connectivity index (χ2v) is 7.77. The Morgan fingerprint density at radius 2 is 1.59 bits per heavy atom. The SMILES string of the molecule is Cc1nc(Nc2ccc(N3CCN(C)CC3)cc2)cc(NC2CCCC2)n1. The molecule has 1 aliphatic heterocycles. The maximum atomic E-state index is 4.55. The van der Waals surface area contributed by atoms with Gasteiger partial charge in [0.1, 0.15) is 17.5 Å². The van der Waals surface area contributed by atoms with Crippen molar-refractivity contribution in [2.75, 3.05) is 48.8 Å². The molecule has 4 rings (SSSR count). The van der Waals surface area contributed by atoms with Crippen molar-refractivity contribution in [2.45, 2.75) is 38.6 Å². The lowest BCUT2D eigenvalue weighted by Gasteiger charge is -2.34. The lowest BCUT2D eigenvalue weighted by molar-refractivity contribution is 0.313. The number of aryl methyl sites for hydroxylation is 1. The molecule has 0 bridgehead atoms. The largest absolute Gasteiger partial charge is 0.369 e. The summed E-state index contributed by atoms with van der Waals surface area (Å²) in [6, 6.07) is 11.2. The molecule has 1 aromatic heterocycles. The Hall–Kier alpha value is -2.34. The zero-order valence-corrected chi connectivity index (χ0v) is 16.4. The third-order valence-electron chi connectivity index (χ3n) is 5.55. The van der Waals surface area contributed by atoms with Crippen LogP contribution in [-0.4, -0.2) is 54.1 Å². The highest BCUT2D eigenvalue weighted by molar-refractivity contribution is 5.62. The molecule has 6 heteroatoms. The minimum absolute atomic E-state index is 0.551. The van der Waals surface area contributed by atoms with Crippen LogP contribution >= 0.6 is 0 Å². The van der Waals surface area contributed by atoms with Gasteiger partial charge in [0.2, 0.25) is 0 Å². The Labute approximate surface area is 162 Å². The zero-order valence-electron chi connectivity index (χ0n) is 16.4. The molecular weight excluding hydrogens is 336 g/mol. The van der Waals surface area contributed by atoms with Crippen LogP contribution in [0.2, 0.25) is 0 Å². The molecule has 1 saturated carbocycles. The predicted octanol–water partition coefficient (Wildman–Crippen LogP) is 3.63. The van der Waals surface area contributed by atoms with E-state index in [-0.39, 0.29) is 0 Å². The number of nitrogens with zero attached hydrogens (tertiary/aromatic N) is 4. The molecule has 0 radical (unpaired) electrons. The van der Waals surface area contributed by atoms with Gasteiger partial charge < -0.3 is 20.4 Å². The van der Waals surface area contributed by atoms with Crippen molar-refractivity contribution in [3.8, 4) is 0 Å². The van der Waals surface area contributed by atoms with E-state index in [9.17, 15) is 0 Å². The summed E-state index contributed by atoms with van der Waals surface area (Å²) in [4.78, 5) is 13.9. The van der Waals surface area contributed by atoms with Gasteiger partial charge in [-0.05, 0) is 51.1 Å². The number of aromatic nitrogens is 2. The molecule has 1 aliphatic carbocycles. The first-order valence-electron chi connectivity index (χ1n) is 10.1. The molecule has 6 nitrogen and oxygen atoms in total. The van der Waals surface area contributed by atoms with Crippen LogP contribution in [0.3, 0.4) is 0 Å². The average molecular weight is 367 g/mol. The minimum atomic E-state index is 0.551. The third-order valence-corrected chi connectivity index (χ3v) is 5.55. The van der Waals surface area contributed by atoms with Crippen LogP contribution in [0.5, 0.6) is 0 Å². The smallest absolute Gasteiger partial charge is 0.136 e. The number of rotatable bonds is 5. The lowest BCUT2D eigenvalue weighted by atomic mass is 10.2. The van der Waals surface area contributed by atoms with E-state index in [1.165, 1.54) is 31.4 Å². The summed E-state index contributed by atoms with van der Waals surface area (Å²) in [6.07, 6.45) is 5.10. The summed E-state index contributed by atoms with van der Waals surface area (Å²) in [6.45, 7) is 6.37. The molecule has 2 N–H and O–H groups in total. The van der Waals surface area contributed by atoms with Gasteiger partial charge in [0.25, 0.3) is 0 Å². The molecule has 27 heavy (non-hydrogen) atoms. The van der Waals surface area contributed by atoms with Gasteiger partial charge in [0.05, 0.1) is 0 Å². The van der Waals surface area contributed by atoms with E-state index in [4.69, 9.17) is 0 Å². The van der Waals surface area contributed by atoms with Crippen molar-refractivity contribution in [1.82, 2.24) is 14.9 Å². The lowest BCUT2D eigenvalue weighted by Crippen LogP contribution is -2.44. The molecule has 144 valence electrons. The Morgan fingerprint density at radius 3 is 2.30 bits per heavy atom. The highest BCUT2D eigenvalue weighted by Gasteiger charge is 2.16. The second kappa shape index (κ2) is 8.13. The van der Waals surface area contributed by atoms with E-state index in [2.05, 4.69) is 61.7 Å². The fraction of sp³-hybridized carbons (Fsp3) is 0.524. The molecule has 1 saturated heterocycles. The van der Waals surface area contributed by atoms with Crippen molar-refractivity contribution < 1.29 is 0 Å². The normalized spacial score (nSPS) is 18.7. The van der Waals surface area contributed by atoms with E-state index in [1.807, 2.05) is 13.0 Å². The van der Waals surface area contributed by atoms with E-state index >= 15 is 0 Å². The van der Waals surface area contributed by atoms with E-state index in [1.54, 1.807) is 0 Å². The summed E-state index contributed by atoms with van der Waals surface area (Å²) < 4.78 is 0. The molecule has 1 aromatic carbocycles. The first kappa shape index (κ1) is 18.0. The van der Waals surface area contributed by atoms with Crippen molar-refractivity contribution >= 4 is 23.0 Å². The van der Waals surface area contributed by atoms with Crippen LogP contribution < -0.4 is 15.5 Å².